The molecule has 90 valence electrons. The van der Waals surface area contributed by atoms with E-state index < -0.39 is 5.54 Å². The van der Waals surface area contributed by atoms with Gasteiger partial charge in [0.2, 0.25) is 0 Å². The number of hydrogen-bond acceptors (Lipinski definition) is 3. The maximum atomic E-state index is 13.4. The highest BCUT2D eigenvalue weighted by Crippen LogP contribution is 2.20. The molecule has 4 heteroatoms. The lowest BCUT2D eigenvalue weighted by atomic mass is 9.99. The molecule has 0 spiro atoms. The van der Waals surface area contributed by atoms with E-state index in [1.807, 2.05) is 6.92 Å². The van der Waals surface area contributed by atoms with Gasteiger partial charge in [-0.3, -0.25) is 0 Å². The monoisotopic (exact) mass is 227 g/mol. The lowest BCUT2D eigenvalue weighted by Gasteiger charge is -2.29. The highest BCUT2D eigenvalue weighted by molar-refractivity contribution is 5.46. The third-order valence-electron chi connectivity index (χ3n) is 2.52. The summed E-state index contributed by atoms with van der Waals surface area (Å²) in [6.07, 6.45) is 0.605. The van der Waals surface area contributed by atoms with Gasteiger partial charge in [0.25, 0.3) is 0 Å². The molecule has 3 nitrogen and oxygen atoms in total. The Morgan fingerprint density at radius 2 is 2.12 bits per heavy atom. The number of hydrogen-bond donors (Lipinski definition) is 2. The van der Waals surface area contributed by atoms with Gasteiger partial charge in [0.05, 0.1) is 17.8 Å². The summed E-state index contributed by atoms with van der Waals surface area (Å²) >= 11 is 0. The predicted molar refractivity (Wildman–Crippen MR) is 62.0 cm³/mol. The normalized spacial score (nSPS) is 14.5. The Bertz CT molecular complexity index is 333. The Morgan fingerprint density at radius 1 is 1.44 bits per heavy atom. The molecule has 0 saturated carbocycles. The van der Waals surface area contributed by atoms with Crippen LogP contribution in [0.1, 0.15) is 13.3 Å². The lowest BCUT2D eigenvalue weighted by molar-refractivity contribution is 0.146. The molecule has 1 aromatic rings. The van der Waals surface area contributed by atoms with Crippen LogP contribution in [-0.4, -0.2) is 31.0 Å². The SMILES string of the molecule is COCCC(C)(CO)Nc1ccccc1F. The summed E-state index contributed by atoms with van der Waals surface area (Å²) in [5.74, 6) is -0.320. The molecule has 0 amide bonds. The van der Waals surface area contributed by atoms with Crippen LogP contribution in [0.2, 0.25) is 0 Å². The van der Waals surface area contributed by atoms with Crippen molar-refractivity contribution in [3.63, 3.8) is 0 Å². The molecule has 16 heavy (non-hydrogen) atoms. The average Bonchev–Trinajstić information content (AvgIpc) is 2.30. The van der Waals surface area contributed by atoms with Crippen molar-refractivity contribution in [3.8, 4) is 0 Å². The molecule has 0 aliphatic carbocycles. The Balaban J connectivity index is 2.72. The summed E-state index contributed by atoms with van der Waals surface area (Å²) in [6, 6.07) is 6.41. The Morgan fingerprint density at radius 3 is 2.69 bits per heavy atom. The Labute approximate surface area is 95.2 Å². The number of anilines is 1. The van der Waals surface area contributed by atoms with E-state index in [0.29, 0.717) is 18.7 Å². The molecule has 0 aliphatic rings. The van der Waals surface area contributed by atoms with E-state index >= 15 is 0 Å². The van der Waals surface area contributed by atoms with Gasteiger partial charge in [-0.15, -0.1) is 0 Å². The molecule has 0 radical (unpaired) electrons. The highest BCUT2D eigenvalue weighted by Gasteiger charge is 2.23. The van der Waals surface area contributed by atoms with Crippen molar-refractivity contribution in [1.29, 1.82) is 0 Å². The van der Waals surface area contributed by atoms with Crippen LogP contribution in [0.5, 0.6) is 0 Å². The molecule has 0 aliphatic heterocycles. The highest BCUT2D eigenvalue weighted by atomic mass is 19.1. The molecule has 0 fully saturated rings. The predicted octanol–water partition coefficient (Wildman–Crippen LogP) is 2.03. The average molecular weight is 227 g/mol. The summed E-state index contributed by atoms with van der Waals surface area (Å²) in [7, 11) is 1.60. The number of aliphatic hydroxyl groups is 1. The van der Waals surface area contributed by atoms with E-state index in [2.05, 4.69) is 5.32 Å². The molecule has 1 rings (SSSR count). The first-order valence-corrected chi connectivity index (χ1v) is 5.24. The van der Waals surface area contributed by atoms with Crippen LogP contribution in [0, 0.1) is 5.82 Å². The number of benzene rings is 1. The zero-order valence-electron chi connectivity index (χ0n) is 9.66. The number of rotatable bonds is 6. The van der Waals surface area contributed by atoms with Crippen LogP contribution in [0.3, 0.4) is 0 Å². The minimum absolute atomic E-state index is 0.0787. The number of halogens is 1. The van der Waals surface area contributed by atoms with E-state index in [1.165, 1.54) is 6.07 Å². The van der Waals surface area contributed by atoms with Gasteiger partial charge in [-0.2, -0.15) is 0 Å². The summed E-state index contributed by atoms with van der Waals surface area (Å²) < 4.78 is 18.4. The molecule has 0 aromatic heterocycles. The van der Waals surface area contributed by atoms with Gasteiger partial charge >= 0.3 is 0 Å². The third-order valence-corrected chi connectivity index (χ3v) is 2.52. The number of methoxy groups -OCH3 is 1. The number of para-hydroxylation sites is 1. The van der Waals surface area contributed by atoms with Crippen LogP contribution < -0.4 is 5.32 Å². The smallest absolute Gasteiger partial charge is 0.146 e. The number of ether oxygens (including phenoxy) is 1. The van der Waals surface area contributed by atoms with Crippen molar-refractivity contribution in [2.24, 2.45) is 0 Å². The van der Waals surface area contributed by atoms with E-state index in [-0.39, 0.29) is 12.4 Å². The van der Waals surface area contributed by atoms with E-state index in [0.717, 1.165) is 0 Å². The first-order valence-electron chi connectivity index (χ1n) is 5.24. The third kappa shape index (κ3) is 3.47. The molecule has 2 N–H and O–H groups in total. The van der Waals surface area contributed by atoms with Gasteiger partial charge < -0.3 is 15.2 Å². The van der Waals surface area contributed by atoms with E-state index in [4.69, 9.17) is 4.74 Å². The largest absolute Gasteiger partial charge is 0.394 e. The van der Waals surface area contributed by atoms with Gasteiger partial charge in [-0.05, 0) is 25.5 Å². The summed E-state index contributed by atoms with van der Waals surface area (Å²) in [4.78, 5) is 0. The summed E-state index contributed by atoms with van der Waals surface area (Å²) in [6.45, 7) is 2.27. The van der Waals surface area contributed by atoms with E-state index in [9.17, 15) is 9.50 Å². The minimum Gasteiger partial charge on any atom is -0.394 e. The maximum absolute atomic E-state index is 13.4. The quantitative estimate of drug-likeness (QED) is 0.781. The molecular formula is C12H18FNO2. The van der Waals surface area contributed by atoms with Crippen molar-refractivity contribution in [2.45, 2.75) is 18.9 Å². The van der Waals surface area contributed by atoms with Crippen molar-refractivity contribution >= 4 is 5.69 Å². The second-order valence-electron chi connectivity index (χ2n) is 4.07. The van der Waals surface area contributed by atoms with Gasteiger partial charge in [0.1, 0.15) is 5.82 Å². The van der Waals surface area contributed by atoms with Crippen molar-refractivity contribution in [3.05, 3.63) is 30.1 Å². The zero-order valence-corrected chi connectivity index (χ0v) is 9.66. The fourth-order valence-corrected chi connectivity index (χ4v) is 1.40. The van der Waals surface area contributed by atoms with Crippen LogP contribution in [-0.2, 0) is 4.74 Å². The second kappa shape index (κ2) is 5.82. The molecule has 0 bridgehead atoms. The maximum Gasteiger partial charge on any atom is 0.146 e. The Kier molecular flexibility index (Phi) is 4.71. The molecule has 1 unspecified atom stereocenters. The first kappa shape index (κ1) is 12.9. The topological polar surface area (TPSA) is 41.5 Å². The first-order chi connectivity index (χ1) is 7.61. The fraction of sp³-hybridized carbons (Fsp3) is 0.500. The standard InChI is InChI=1S/C12H18FNO2/c1-12(9-15,7-8-16-2)14-11-6-4-3-5-10(11)13/h3-6,14-15H,7-9H2,1-2H3. The van der Waals surface area contributed by atoms with Gasteiger partial charge in [-0.1, -0.05) is 12.1 Å². The van der Waals surface area contributed by atoms with Crippen molar-refractivity contribution in [1.82, 2.24) is 0 Å². The van der Waals surface area contributed by atoms with Crippen LogP contribution in [0.4, 0.5) is 10.1 Å². The molecule has 1 atom stereocenters. The van der Waals surface area contributed by atoms with E-state index in [1.54, 1.807) is 25.3 Å². The molecular weight excluding hydrogens is 209 g/mol. The van der Waals surface area contributed by atoms with Crippen LogP contribution >= 0.6 is 0 Å². The molecule has 1 aromatic carbocycles. The van der Waals surface area contributed by atoms with Crippen molar-refractivity contribution in [2.75, 3.05) is 25.6 Å². The zero-order chi connectivity index (χ0) is 12.0. The summed E-state index contributed by atoms with van der Waals surface area (Å²) in [5, 5.41) is 12.3. The van der Waals surface area contributed by atoms with Crippen molar-refractivity contribution < 1.29 is 14.2 Å². The Hall–Kier alpha value is -1.13. The van der Waals surface area contributed by atoms with Crippen LogP contribution in [0.15, 0.2) is 24.3 Å². The second-order valence-corrected chi connectivity index (χ2v) is 4.07. The fourth-order valence-electron chi connectivity index (χ4n) is 1.40. The van der Waals surface area contributed by atoms with Crippen LogP contribution in [0.25, 0.3) is 0 Å². The van der Waals surface area contributed by atoms with Gasteiger partial charge in [-0.25, -0.2) is 4.39 Å². The number of aliphatic hydroxyl groups excluding tert-OH is 1. The van der Waals surface area contributed by atoms with Gasteiger partial charge in [0, 0.05) is 13.7 Å². The number of nitrogens with one attached hydrogen (secondary N) is 1. The molecule has 0 heterocycles. The molecule has 0 saturated heterocycles. The lowest BCUT2D eigenvalue weighted by Crippen LogP contribution is -2.40. The van der Waals surface area contributed by atoms with Gasteiger partial charge in [0.15, 0.2) is 0 Å². The minimum atomic E-state index is -0.571. The summed E-state index contributed by atoms with van der Waals surface area (Å²) in [5.41, 5.74) is -0.173.